The minimum atomic E-state index is -0.0688. The highest BCUT2D eigenvalue weighted by Gasteiger charge is 1.99. The van der Waals surface area contributed by atoms with E-state index in [9.17, 15) is 4.79 Å². The summed E-state index contributed by atoms with van der Waals surface area (Å²) in [4.78, 5) is 10.9. The number of methoxy groups -OCH3 is 1. The second-order valence-corrected chi connectivity index (χ2v) is 5.93. The van der Waals surface area contributed by atoms with E-state index < -0.39 is 0 Å². The Morgan fingerprint density at radius 2 is 1.19 bits per heavy atom. The summed E-state index contributed by atoms with van der Waals surface area (Å²) in [5.41, 5.74) is 0. The van der Waals surface area contributed by atoms with E-state index in [-0.39, 0.29) is 5.97 Å². The van der Waals surface area contributed by atoms with Gasteiger partial charge >= 0.3 is 5.97 Å². The number of esters is 1. The van der Waals surface area contributed by atoms with E-state index in [0.717, 1.165) is 6.42 Å². The lowest BCUT2D eigenvalue weighted by Crippen LogP contribution is -1.99. The lowest BCUT2D eigenvalue weighted by Gasteiger charge is -2.03. The van der Waals surface area contributed by atoms with Crippen LogP contribution in [0.5, 0.6) is 0 Å². The maximum atomic E-state index is 10.9. The summed E-state index contributed by atoms with van der Waals surface area (Å²) < 4.78 is 4.63. The van der Waals surface area contributed by atoms with E-state index in [4.69, 9.17) is 0 Å². The number of ether oxygens (including phenoxy) is 1. The van der Waals surface area contributed by atoms with Gasteiger partial charge in [0.25, 0.3) is 0 Å². The van der Waals surface area contributed by atoms with Gasteiger partial charge in [-0.05, 0) is 26.2 Å². The summed E-state index contributed by atoms with van der Waals surface area (Å²) in [5, 5.41) is 0. The molecular formula is C19H36O2. The van der Waals surface area contributed by atoms with Crippen LogP contribution in [0.3, 0.4) is 0 Å². The van der Waals surface area contributed by atoms with Gasteiger partial charge in [-0.25, -0.2) is 0 Å². The highest BCUT2D eigenvalue weighted by molar-refractivity contribution is 5.68. The Kier molecular flexibility index (Phi) is 16.6. The highest BCUT2D eigenvalue weighted by atomic mass is 16.5. The molecule has 0 aliphatic carbocycles. The van der Waals surface area contributed by atoms with Gasteiger partial charge in [0.2, 0.25) is 0 Å². The van der Waals surface area contributed by atoms with E-state index in [1.807, 2.05) is 0 Å². The molecule has 0 N–H and O–H groups in total. The first-order valence-corrected chi connectivity index (χ1v) is 8.99. The molecule has 0 saturated carbocycles. The Hall–Kier alpha value is -0.790. The smallest absolute Gasteiger partial charge is 0.305 e. The van der Waals surface area contributed by atoms with Gasteiger partial charge in [-0.1, -0.05) is 76.4 Å². The molecule has 0 aliphatic heterocycles. The number of carbonyl (C=O) groups excluding carboxylic acids is 1. The number of rotatable bonds is 15. The fraction of sp³-hybridized carbons (Fsp3) is 0.842. The molecule has 0 spiro atoms. The molecule has 0 heterocycles. The third-order valence-corrected chi connectivity index (χ3v) is 3.97. The average molecular weight is 296 g/mol. The van der Waals surface area contributed by atoms with Gasteiger partial charge in [-0.2, -0.15) is 0 Å². The van der Waals surface area contributed by atoms with Crippen LogP contribution in [0.4, 0.5) is 0 Å². The molecule has 0 aromatic rings. The van der Waals surface area contributed by atoms with Crippen LogP contribution in [0, 0.1) is 0 Å². The Morgan fingerprint density at radius 1 is 0.762 bits per heavy atom. The van der Waals surface area contributed by atoms with Crippen molar-refractivity contribution in [3.05, 3.63) is 12.2 Å². The summed E-state index contributed by atoms with van der Waals surface area (Å²) in [6.45, 7) is 2.10. The van der Waals surface area contributed by atoms with Gasteiger partial charge < -0.3 is 4.74 Å². The third-order valence-electron chi connectivity index (χ3n) is 3.97. The molecule has 0 radical (unpaired) electrons. The highest BCUT2D eigenvalue weighted by Crippen LogP contribution is 2.13. The zero-order chi connectivity index (χ0) is 15.6. The van der Waals surface area contributed by atoms with Gasteiger partial charge in [0, 0.05) is 6.42 Å². The van der Waals surface area contributed by atoms with Gasteiger partial charge in [0.05, 0.1) is 7.11 Å². The Labute approximate surface area is 132 Å². The summed E-state index contributed by atoms with van der Waals surface area (Å²) in [7, 11) is 1.46. The summed E-state index contributed by atoms with van der Waals surface area (Å²) in [6.07, 6.45) is 22.1. The fourth-order valence-electron chi connectivity index (χ4n) is 2.57. The predicted molar refractivity (Wildman–Crippen MR) is 91.5 cm³/mol. The molecular weight excluding hydrogens is 260 g/mol. The molecule has 2 nitrogen and oxygen atoms in total. The standard InChI is InChI=1S/C19H36O2/c1-3-4-5-6-7-8-9-10-11-12-13-14-15-16-17-18-19(20)21-2/h3-4H,5-18H2,1-2H3. The maximum Gasteiger partial charge on any atom is 0.305 e. The Balaban J connectivity index is 3.01. The SMILES string of the molecule is CC=CCCCCCCCCCCCCCCC(=O)OC. The summed E-state index contributed by atoms with van der Waals surface area (Å²) in [6, 6.07) is 0. The minimum absolute atomic E-state index is 0.0688. The first kappa shape index (κ1) is 20.2. The molecule has 0 aliphatic rings. The van der Waals surface area contributed by atoms with Crippen molar-refractivity contribution in [2.45, 2.75) is 96.8 Å². The van der Waals surface area contributed by atoms with Gasteiger partial charge in [0.15, 0.2) is 0 Å². The van der Waals surface area contributed by atoms with E-state index >= 15 is 0 Å². The fourth-order valence-corrected chi connectivity index (χ4v) is 2.57. The van der Waals surface area contributed by atoms with E-state index in [1.54, 1.807) is 0 Å². The minimum Gasteiger partial charge on any atom is -0.469 e. The number of hydrogen-bond acceptors (Lipinski definition) is 2. The van der Waals surface area contributed by atoms with Crippen molar-refractivity contribution in [1.29, 1.82) is 0 Å². The largest absolute Gasteiger partial charge is 0.469 e. The van der Waals surface area contributed by atoms with Crippen molar-refractivity contribution in [2.75, 3.05) is 7.11 Å². The van der Waals surface area contributed by atoms with Crippen LogP contribution >= 0.6 is 0 Å². The third kappa shape index (κ3) is 17.2. The second-order valence-electron chi connectivity index (χ2n) is 5.93. The zero-order valence-electron chi connectivity index (χ0n) is 14.4. The monoisotopic (exact) mass is 296 g/mol. The Bertz CT molecular complexity index is 246. The summed E-state index contributed by atoms with van der Waals surface area (Å²) >= 11 is 0. The van der Waals surface area contributed by atoms with Crippen LogP contribution in [-0.2, 0) is 9.53 Å². The average Bonchev–Trinajstić information content (AvgIpc) is 2.50. The first-order valence-electron chi connectivity index (χ1n) is 8.99. The lowest BCUT2D eigenvalue weighted by atomic mass is 10.0. The van der Waals surface area contributed by atoms with Gasteiger partial charge in [0.1, 0.15) is 0 Å². The maximum absolute atomic E-state index is 10.9. The molecule has 0 aromatic heterocycles. The van der Waals surface area contributed by atoms with Crippen molar-refractivity contribution in [2.24, 2.45) is 0 Å². The molecule has 21 heavy (non-hydrogen) atoms. The van der Waals surface area contributed by atoms with Crippen molar-refractivity contribution < 1.29 is 9.53 Å². The molecule has 2 heteroatoms. The predicted octanol–water partition coefficient (Wildman–Crippen LogP) is 6.20. The molecule has 0 amide bonds. The molecule has 0 rings (SSSR count). The molecule has 0 saturated heterocycles. The number of unbranched alkanes of at least 4 members (excludes halogenated alkanes) is 12. The second kappa shape index (κ2) is 17.3. The van der Waals surface area contributed by atoms with Gasteiger partial charge in [-0.3, -0.25) is 4.79 Å². The van der Waals surface area contributed by atoms with Crippen LogP contribution < -0.4 is 0 Å². The first-order chi connectivity index (χ1) is 10.3. The number of carbonyl (C=O) groups is 1. The number of hydrogen-bond donors (Lipinski definition) is 0. The molecule has 0 unspecified atom stereocenters. The molecule has 0 fully saturated rings. The quantitative estimate of drug-likeness (QED) is 0.204. The van der Waals surface area contributed by atoms with E-state index in [1.165, 1.54) is 84.2 Å². The molecule has 0 atom stereocenters. The Morgan fingerprint density at radius 3 is 1.62 bits per heavy atom. The van der Waals surface area contributed by atoms with E-state index in [0.29, 0.717) is 6.42 Å². The van der Waals surface area contributed by atoms with E-state index in [2.05, 4.69) is 23.8 Å². The zero-order valence-corrected chi connectivity index (χ0v) is 14.4. The van der Waals surface area contributed by atoms with Crippen molar-refractivity contribution in [3.63, 3.8) is 0 Å². The normalized spacial score (nSPS) is 11.1. The van der Waals surface area contributed by atoms with Crippen LogP contribution in [0.15, 0.2) is 12.2 Å². The molecule has 0 bridgehead atoms. The van der Waals surface area contributed by atoms with Crippen LogP contribution in [0.25, 0.3) is 0 Å². The number of allylic oxidation sites excluding steroid dienone is 2. The van der Waals surface area contributed by atoms with Crippen molar-refractivity contribution in [1.82, 2.24) is 0 Å². The van der Waals surface area contributed by atoms with Crippen LogP contribution in [-0.4, -0.2) is 13.1 Å². The van der Waals surface area contributed by atoms with Crippen molar-refractivity contribution >= 4 is 5.97 Å². The molecule has 0 aromatic carbocycles. The molecule has 124 valence electrons. The summed E-state index contributed by atoms with van der Waals surface area (Å²) in [5.74, 6) is -0.0688. The van der Waals surface area contributed by atoms with Crippen molar-refractivity contribution in [3.8, 4) is 0 Å². The van der Waals surface area contributed by atoms with Crippen LogP contribution in [0.1, 0.15) is 96.8 Å². The van der Waals surface area contributed by atoms with Crippen LogP contribution in [0.2, 0.25) is 0 Å². The van der Waals surface area contributed by atoms with Gasteiger partial charge in [-0.15, -0.1) is 0 Å². The topological polar surface area (TPSA) is 26.3 Å². The lowest BCUT2D eigenvalue weighted by molar-refractivity contribution is -0.140.